The van der Waals surface area contributed by atoms with Crippen LogP contribution in [0.25, 0.3) is 10.8 Å². The van der Waals surface area contributed by atoms with Crippen molar-refractivity contribution in [2.45, 2.75) is 18.8 Å². The van der Waals surface area contributed by atoms with Gasteiger partial charge in [0.25, 0.3) is 0 Å². The van der Waals surface area contributed by atoms with Crippen molar-refractivity contribution in [3.63, 3.8) is 0 Å². The van der Waals surface area contributed by atoms with E-state index in [1.54, 1.807) is 7.05 Å². The van der Waals surface area contributed by atoms with E-state index in [4.69, 9.17) is 0 Å². The average Bonchev–Trinajstić information content (AvgIpc) is 2.69. The third-order valence-electron chi connectivity index (χ3n) is 4.53. The number of nitrogens with one attached hydrogen (secondary N) is 2. The van der Waals surface area contributed by atoms with Gasteiger partial charge < -0.3 is 10.6 Å². The first-order valence-corrected chi connectivity index (χ1v) is 11.3. The van der Waals surface area contributed by atoms with Crippen molar-refractivity contribution in [1.82, 2.24) is 10.6 Å². The molecule has 0 bridgehead atoms. The molecule has 0 heterocycles. The van der Waals surface area contributed by atoms with E-state index in [9.17, 15) is 12.8 Å². The van der Waals surface area contributed by atoms with Gasteiger partial charge in [0, 0.05) is 26.4 Å². The number of guanidine groups is 1. The Morgan fingerprint density at radius 3 is 2.33 bits per heavy atom. The number of halogens is 2. The summed E-state index contributed by atoms with van der Waals surface area (Å²) < 4.78 is 36.9. The Kier molecular flexibility index (Phi) is 8.60. The minimum Gasteiger partial charge on any atom is -0.352 e. The lowest BCUT2D eigenvalue weighted by Gasteiger charge is -2.14. The molecule has 0 atom stereocenters. The zero-order valence-electron chi connectivity index (χ0n) is 16.9. The first-order chi connectivity index (χ1) is 13.8. The molecule has 30 heavy (non-hydrogen) atoms. The highest BCUT2D eigenvalue weighted by Crippen LogP contribution is 2.16. The normalized spacial score (nSPS) is 11.8. The fourth-order valence-electron chi connectivity index (χ4n) is 3.12. The van der Waals surface area contributed by atoms with Crippen LogP contribution in [0.1, 0.15) is 16.7 Å². The van der Waals surface area contributed by atoms with Gasteiger partial charge >= 0.3 is 0 Å². The molecule has 0 amide bonds. The highest BCUT2D eigenvalue weighted by atomic mass is 127. The Hall–Kier alpha value is -2.20. The van der Waals surface area contributed by atoms with Crippen molar-refractivity contribution in [2.24, 2.45) is 4.99 Å². The minimum absolute atomic E-state index is 0. The van der Waals surface area contributed by atoms with Crippen LogP contribution in [0.5, 0.6) is 0 Å². The third-order valence-corrected chi connectivity index (χ3v) is 5.37. The predicted molar refractivity (Wildman–Crippen MR) is 131 cm³/mol. The maximum Gasteiger partial charge on any atom is 0.191 e. The second-order valence-corrected chi connectivity index (χ2v) is 9.08. The first-order valence-electron chi connectivity index (χ1n) is 9.21. The van der Waals surface area contributed by atoms with Crippen LogP contribution in [0.15, 0.2) is 65.7 Å². The summed E-state index contributed by atoms with van der Waals surface area (Å²) in [5.41, 5.74) is 2.27. The second kappa shape index (κ2) is 10.7. The highest BCUT2D eigenvalue weighted by molar-refractivity contribution is 14.0. The lowest BCUT2D eigenvalue weighted by atomic mass is 10.1. The molecule has 3 aromatic rings. The number of rotatable bonds is 6. The van der Waals surface area contributed by atoms with E-state index >= 15 is 0 Å². The monoisotopic (exact) mass is 541 g/mol. The highest BCUT2D eigenvalue weighted by Gasteiger charge is 2.11. The van der Waals surface area contributed by atoms with Gasteiger partial charge in [-0.05, 0) is 45.7 Å². The van der Waals surface area contributed by atoms with Crippen LogP contribution in [0, 0.1) is 5.82 Å². The number of sulfone groups is 1. The molecule has 0 radical (unpaired) electrons. The Morgan fingerprint density at radius 2 is 1.63 bits per heavy atom. The zero-order chi connectivity index (χ0) is 20.9. The topological polar surface area (TPSA) is 70.6 Å². The molecular weight excluding hydrogens is 516 g/mol. The largest absolute Gasteiger partial charge is 0.352 e. The van der Waals surface area contributed by atoms with E-state index in [0.717, 1.165) is 11.8 Å². The summed E-state index contributed by atoms with van der Waals surface area (Å²) >= 11 is 0. The van der Waals surface area contributed by atoms with Crippen LogP contribution >= 0.6 is 24.0 Å². The molecule has 2 N–H and O–H groups in total. The van der Waals surface area contributed by atoms with Crippen LogP contribution in [-0.4, -0.2) is 27.7 Å². The van der Waals surface area contributed by atoms with Crippen molar-refractivity contribution < 1.29 is 12.8 Å². The Labute approximate surface area is 193 Å². The van der Waals surface area contributed by atoms with Crippen molar-refractivity contribution in [1.29, 1.82) is 0 Å². The molecule has 3 rings (SSSR count). The first kappa shape index (κ1) is 24.1. The molecule has 0 aliphatic carbocycles. The Balaban J connectivity index is 0.00000320. The van der Waals surface area contributed by atoms with Gasteiger partial charge in [-0.2, -0.15) is 0 Å². The molecular formula is C22H25FIN3O2S. The van der Waals surface area contributed by atoms with Gasteiger partial charge in [0.15, 0.2) is 15.8 Å². The number of hydrogen-bond donors (Lipinski definition) is 2. The Bertz CT molecular complexity index is 1150. The summed E-state index contributed by atoms with van der Waals surface area (Å²) in [6, 6.07) is 18.5. The lowest BCUT2D eigenvalue weighted by molar-refractivity contribution is 0.599. The Morgan fingerprint density at radius 1 is 0.933 bits per heavy atom. The molecule has 0 spiro atoms. The predicted octanol–water partition coefficient (Wildman–Crippen LogP) is 4.01. The quantitative estimate of drug-likeness (QED) is 0.281. The van der Waals surface area contributed by atoms with Gasteiger partial charge in [0.05, 0.1) is 5.75 Å². The summed E-state index contributed by atoms with van der Waals surface area (Å²) in [5, 5.41) is 8.70. The average molecular weight is 541 g/mol. The number of nitrogens with zero attached hydrogens (tertiary/aromatic N) is 1. The molecule has 0 aliphatic heterocycles. The standard InChI is InChI=1S/C22H24FN3O2S.HI/c1-24-22(25-13-16-7-8-17-5-3-4-6-18(17)11-16)26-14-20-12-21(23)10-9-19(20)15-29(2,27)28;/h3-12H,13-15H2,1-2H3,(H2,24,25,26);1H. The molecule has 8 heteroatoms. The van der Waals surface area contributed by atoms with Gasteiger partial charge in [0.2, 0.25) is 0 Å². The molecule has 0 fully saturated rings. The van der Waals surface area contributed by atoms with Crippen molar-refractivity contribution in [3.8, 4) is 0 Å². The van der Waals surface area contributed by atoms with Crippen molar-refractivity contribution >= 4 is 50.5 Å². The summed E-state index contributed by atoms with van der Waals surface area (Å²) in [6.45, 7) is 0.837. The van der Waals surface area contributed by atoms with Crippen molar-refractivity contribution in [3.05, 3.63) is 83.2 Å². The van der Waals surface area contributed by atoms with E-state index in [2.05, 4.69) is 46.0 Å². The van der Waals surface area contributed by atoms with Gasteiger partial charge in [-0.1, -0.05) is 42.5 Å². The molecule has 0 saturated heterocycles. The van der Waals surface area contributed by atoms with Crippen molar-refractivity contribution in [2.75, 3.05) is 13.3 Å². The molecule has 0 aliphatic rings. The number of aliphatic imine (C=N–C) groups is 1. The SMILES string of the molecule is CN=C(NCc1ccc2ccccc2c1)NCc1cc(F)ccc1CS(C)(=O)=O.I. The van der Waals surface area contributed by atoms with Crippen LogP contribution in [0.2, 0.25) is 0 Å². The summed E-state index contributed by atoms with van der Waals surface area (Å²) in [6.07, 6.45) is 1.16. The molecule has 0 saturated carbocycles. The van der Waals surface area contributed by atoms with Crippen LogP contribution in [-0.2, 0) is 28.7 Å². The summed E-state index contributed by atoms with van der Waals surface area (Å²) in [5.74, 6) is 0.0128. The number of benzene rings is 3. The van der Waals surface area contributed by atoms with Gasteiger partial charge in [0.1, 0.15) is 5.82 Å². The third kappa shape index (κ3) is 6.94. The number of hydrogen-bond acceptors (Lipinski definition) is 3. The van der Waals surface area contributed by atoms with E-state index in [1.165, 1.54) is 29.0 Å². The van der Waals surface area contributed by atoms with Crippen LogP contribution in [0.3, 0.4) is 0 Å². The summed E-state index contributed by atoms with van der Waals surface area (Å²) in [7, 11) is -1.57. The summed E-state index contributed by atoms with van der Waals surface area (Å²) in [4.78, 5) is 4.19. The molecule has 160 valence electrons. The number of fused-ring (bicyclic) bond motifs is 1. The molecule has 3 aromatic carbocycles. The fraction of sp³-hybridized carbons (Fsp3) is 0.227. The van der Waals surface area contributed by atoms with Crippen LogP contribution < -0.4 is 10.6 Å². The van der Waals surface area contributed by atoms with Crippen LogP contribution in [0.4, 0.5) is 4.39 Å². The maximum absolute atomic E-state index is 13.7. The van der Waals surface area contributed by atoms with Gasteiger partial charge in [-0.3, -0.25) is 4.99 Å². The minimum atomic E-state index is -3.22. The molecule has 0 aromatic heterocycles. The van der Waals surface area contributed by atoms with E-state index in [-0.39, 0.29) is 36.3 Å². The van der Waals surface area contributed by atoms with E-state index in [1.807, 2.05) is 12.1 Å². The fourth-order valence-corrected chi connectivity index (χ4v) is 3.96. The molecule has 0 unspecified atom stereocenters. The van der Waals surface area contributed by atoms with Gasteiger partial charge in [-0.25, -0.2) is 12.8 Å². The van der Waals surface area contributed by atoms with E-state index < -0.39 is 15.7 Å². The molecule has 5 nitrogen and oxygen atoms in total. The second-order valence-electron chi connectivity index (χ2n) is 6.94. The van der Waals surface area contributed by atoms with Gasteiger partial charge in [-0.15, -0.1) is 24.0 Å². The smallest absolute Gasteiger partial charge is 0.191 e. The maximum atomic E-state index is 13.7. The zero-order valence-corrected chi connectivity index (χ0v) is 20.0. The van der Waals surface area contributed by atoms with E-state index in [0.29, 0.717) is 23.6 Å². The lowest BCUT2D eigenvalue weighted by Crippen LogP contribution is -2.36.